The van der Waals surface area contributed by atoms with Crippen LogP contribution in [0.25, 0.3) is 0 Å². The quantitative estimate of drug-likeness (QED) is 0.742. The van der Waals surface area contributed by atoms with Gasteiger partial charge in [-0.3, -0.25) is 9.59 Å². The van der Waals surface area contributed by atoms with Crippen LogP contribution in [-0.2, 0) is 9.59 Å². The topological polar surface area (TPSA) is 43.9 Å². The predicted octanol–water partition coefficient (Wildman–Crippen LogP) is 1.33. The molecular weight excluding hydrogens is 266 g/mol. The Hall–Kier alpha value is -1.10. The Morgan fingerprint density at radius 1 is 1.14 bits per heavy atom. The van der Waals surface area contributed by atoms with Gasteiger partial charge in [0, 0.05) is 26.6 Å². The van der Waals surface area contributed by atoms with E-state index in [1.54, 1.807) is 11.8 Å². The van der Waals surface area contributed by atoms with E-state index in [1.165, 1.54) is 25.9 Å². The SMILES string of the molecule is CCN(CCCN1CCCC1)C(=O)[C@@H]1CCCN1C(C)=O. The minimum Gasteiger partial charge on any atom is -0.341 e. The number of nitrogens with zero attached hydrogens (tertiary/aromatic N) is 3. The lowest BCUT2D eigenvalue weighted by Crippen LogP contribution is -2.47. The normalized spacial score (nSPS) is 22.8. The van der Waals surface area contributed by atoms with Gasteiger partial charge in [-0.05, 0) is 58.7 Å². The van der Waals surface area contributed by atoms with Gasteiger partial charge >= 0.3 is 0 Å². The molecule has 5 heteroatoms. The standard InChI is InChI=1S/C16H29N3O2/c1-3-18(12-7-11-17-9-4-5-10-17)16(21)15-8-6-13-19(15)14(2)20/h15H,3-13H2,1-2H3/t15-/m0/s1. The lowest BCUT2D eigenvalue weighted by atomic mass is 10.2. The van der Waals surface area contributed by atoms with Crippen molar-refractivity contribution >= 4 is 11.8 Å². The molecule has 2 fully saturated rings. The van der Waals surface area contributed by atoms with Gasteiger partial charge in [0.25, 0.3) is 0 Å². The zero-order valence-corrected chi connectivity index (χ0v) is 13.5. The van der Waals surface area contributed by atoms with Crippen molar-refractivity contribution in [3.8, 4) is 0 Å². The van der Waals surface area contributed by atoms with Crippen LogP contribution in [0.3, 0.4) is 0 Å². The molecule has 0 unspecified atom stereocenters. The number of hydrogen-bond donors (Lipinski definition) is 0. The molecule has 1 atom stereocenters. The first-order chi connectivity index (χ1) is 10.1. The Labute approximate surface area is 128 Å². The molecule has 0 spiro atoms. The lowest BCUT2D eigenvalue weighted by Gasteiger charge is -2.29. The summed E-state index contributed by atoms with van der Waals surface area (Å²) in [6.45, 7) is 9.38. The predicted molar refractivity (Wildman–Crippen MR) is 83.0 cm³/mol. The molecule has 2 heterocycles. The van der Waals surface area contributed by atoms with Gasteiger partial charge in [-0.15, -0.1) is 0 Å². The van der Waals surface area contributed by atoms with Crippen molar-refractivity contribution in [2.24, 2.45) is 0 Å². The molecule has 2 rings (SSSR count). The first kappa shape index (κ1) is 16.3. The number of amides is 2. The Bertz CT molecular complexity index is 367. The number of carbonyl (C=O) groups is 2. The second-order valence-electron chi connectivity index (χ2n) is 6.19. The molecule has 0 aromatic carbocycles. The summed E-state index contributed by atoms with van der Waals surface area (Å²) in [5, 5.41) is 0. The van der Waals surface area contributed by atoms with Crippen molar-refractivity contribution in [1.29, 1.82) is 0 Å². The fourth-order valence-corrected chi connectivity index (χ4v) is 3.53. The number of carbonyl (C=O) groups excluding carboxylic acids is 2. The minimum absolute atomic E-state index is 0.0268. The van der Waals surface area contributed by atoms with Crippen molar-refractivity contribution in [1.82, 2.24) is 14.7 Å². The molecule has 2 aliphatic heterocycles. The molecule has 2 saturated heterocycles. The van der Waals surface area contributed by atoms with Crippen molar-refractivity contribution < 1.29 is 9.59 Å². The summed E-state index contributed by atoms with van der Waals surface area (Å²) in [7, 11) is 0. The fourth-order valence-electron chi connectivity index (χ4n) is 3.53. The Morgan fingerprint density at radius 2 is 1.86 bits per heavy atom. The lowest BCUT2D eigenvalue weighted by molar-refractivity contribution is -0.142. The van der Waals surface area contributed by atoms with Crippen molar-refractivity contribution in [3.05, 3.63) is 0 Å². The number of hydrogen-bond acceptors (Lipinski definition) is 3. The average molecular weight is 295 g/mol. The van der Waals surface area contributed by atoms with Gasteiger partial charge in [0.1, 0.15) is 6.04 Å². The Morgan fingerprint density at radius 3 is 2.48 bits per heavy atom. The van der Waals surface area contributed by atoms with Crippen LogP contribution in [0.2, 0.25) is 0 Å². The van der Waals surface area contributed by atoms with Crippen LogP contribution in [0.15, 0.2) is 0 Å². The average Bonchev–Trinajstić information content (AvgIpc) is 3.13. The third-order valence-electron chi connectivity index (χ3n) is 4.74. The number of likely N-dealkylation sites (N-methyl/N-ethyl adjacent to an activating group) is 1. The van der Waals surface area contributed by atoms with Gasteiger partial charge < -0.3 is 14.7 Å². The smallest absolute Gasteiger partial charge is 0.245 e. The highest BCUT2D eigenvalue weighted by Crippen LogP contribution is 2.19. The molecule has 21 heavy (non-hydrogen) atoms. The van der Waals surface area contributed by atoms with Crippen LogP contribution >= 0.6 is 0 Å². The van der Waals surface area contributed by atoms with Crippen LogP contribution in [-0.4, -0.2) is 71.8 Å². The summed E-state index contributed by atoms with van der Waals surface area (Å²) in [4.78, 5) is 30.4. The number of rotatable bonds is 6. The summed E-state index contributed by atoms with van der Waals surface area (Å²) in [6, 6.07) is -0.214. The third kappa shape index (κ3) is 4.19. The zero-order chi connectivity index (χ0) is 15.2. The molecule has 0 aliphatic carbocycles. The second-order valence-corrected chi connectivity index (χ2v) is 6.19. The van der Waals surface area contributed by atoms with E-state index in [1.807, 2.05) is 11.8 Å². The highest BCUT2D eigenvalue weighted by atomic mass is 16.2. The van der Waals surface area contributed by atoms with E-state index in [9.17, 15) is 9.59 Å². The van der Waals surface area contributed by atoms with Gasteiger partial charge in [-0.2, -0.15) is 0 Å². The van der Waals surface area contributed by atoms with E-state index in [4.69, 9.17) is 0 Å². The van der Waals surface area contributed by atoms with Crippen molar-refractivity contribution in [3.63, 3.8) is 0 Å². The maximum Gasteiger partial charge on any atom is 0.245 e. The van der Waals surface area contributed by atoms with E-state index < -0.39 is 0 Å². The summed E-state index contributed by atoms with van der Waals surface area (Å²) in [5.74, 6) is 0.172. The molecule has 0 bridgehead atoms. The van der Waals surface area contributed by atoms with Gasteiger partial charge in [-0.1, -0.05) is 0 Å². The molecule has 0 aromatic rings. The van der Waals surface area contributed by atoms with E-state index >= 15 is 0 Å². The highest BCUT2D eigenvalue weighted by Gasteiger charge is 2.34. The molecular formula is C16H29N3O2. The summed E-state index contributed by atoms with van der Waals surface area (Å²) in [5.41, 5.74) is 0. The third-order valence-corrected chi connectivity index (χ3v) is 4.74. The molecule has 0 saturated carbocycles. The zero-order valence-electron chi connectivity index (χ0n) is 13.5. The Balaban J connectivity index is 1.81. The molecule has 0 radical (unpaired) electrons. The largest absolute Gasteiger partial charge is 0.341 e. The molecule has 5 nitrogen and oxygen atoms in total. The first-order valence-electron chi connectivity index (χ1n) is 8.42. The van der Waals surface area contributed by atoms with E-state index in [-0.39, 0.29) is 17.9 Å². The van der Waals surface area contributed by atoms with E-state index in [0.29, 0.717) is 0 Å². The fraction of sp³-hybridized carbons (Fsp3) is 0.875. The van der Waals surface area contributed by atoms with Gasteiger partial charge in [0.05, 0.1) is 0 Å². The van der Waals surface area contributed by atoms with Crippen LogP contribution in [0.5, 0.6) is 0 Å². The Kier molecular flexibility index (Phi) is 6.03. The summed E-state index contributed by atoms with van der Waals surface area (Å²) in [6.07, 6.45) is 5.42. The molecule has 2 amide bonds. The monoisotopic (exact) mass is 295 g/mol. The number of likely N-dealkylation sites (tertiary alicyclic amines) is 2. The van der Waals surface area contributed by atoms with Crippen LogP contribution in [0, 0.1) is 0 Å². The van der Waals surface area contributed by atoms with Gasteiger partial charge in [-0.25, -0.2) is 0 Å². The second kappa shape index (κ2) is 7.78. The summed E-state index contributed by atoms with van der Waals surface area (Å²) >= 11 is 0. The molecule has 0 aromatic heterocycles. The molecule has 0 N–H and O–H groups in total. The summed E-state index contributed by atoms with van der Waals surface area (Å²) < 4.78 is 0. The minimum atomic E-state index is -0.214. The molecule has 2 aliphatic rings. The maximum atomic E-state index is 12.6. The van der Waals surface area contributed by atoms with Crippen molar-refractivity contribution in [2.75, 3.05) is 39.3 Å². The van der Waals surface area contributed by atoms with Gasteiger partial charge in [0.2, 0.25) is 11.8 Å². The molecule has 120 valence electrons. The van der Waals surface area contributed by atoms with Crippen LogP contribution < -0.4 is 0 Å². The van der Waals surface area contributed by atoms with E-state index in [0.717, 1.165) is 45.4 Å². The van der Waals surface area contributed by atoms with Crippen molar-refractivity contribution in [2.45, 2.75) is 52.0 Å². The van der Waals surface area contributed by atoms with E-state index in [2.05, 4.69) is 4.90 Å². The van der Waals surface area contributed by atoms with Gasteiger partial charge in [0.15, 0.2) is 0 Å². The maximum absolute atomic E-state index is 12.6. The first-order valence-corrected chi connectivity index (χ1v) is 8.42. The highest BCUT2D eigenvalue weighted by molar-refractivity contribution is 5.87. The van der Waals surface area contributed by atoms with Crippen LogP contribution in [0.1, 0.15) is 46.0 Å². The van der Waals surface area contributed by atoms with Crippen LogP contribution in [0.4, 0.5) is 0 Å².